The summed E-state index contributed by atoms with van der Waals surface area (Å²) in [4.78, 5) is 48.4. The average molecular weight is 652 g/mol. The minimum Gasteiger partial charge on any atom is -0.496 e. The number of anilines is 1. The van der Waals surface area contributed by atoms with Gasteiger partial charge in [-0.25, -0.2) is 10.2 Å². The van der Waals surface area contributed by atoms with E-state index < -0.39 is 22.7 Å². The number of hydrogen-bond acceptors (Lipinski definition) is 8. The summed E-state index contributed by atoms with van der Waals surface area (Å²) in [6.07, 6.45) is 1.29. The molecule has 212 valence electrons. The second kappa shape index (κ2) is 13.5. The molecule has 4 rings (SSSR count). The Morgan fingerprint density at radius 1 is 0.929 bits per heavy atom. The smallest absolute Gasteiger partial charge is 0.343 e. The fraction of sp³-hybridized carbons (Fsp3) is 0.0345. The summed E-state index contributed by atoms with van der Waals surface area (Å²) in [5, 5.41) is 17.9. The van der Waals surface area contributed by atoms with Gasteiger partial charge < -0.3 is 14.8 Å². The molecule has 0 unspecified atom stereocenters. The van der Waals surface area contributed by atoms with E-state index in [0.717, 1.165) is 0 Å². The predicted molar refractivity (Wildman–Crippen MR) is 160 cm³/mol. The third-order valence-corrected chi connectivity index (χ3v) is 6.38. The molecule has 4 aromatic rings. The van der Waals surface area contributed by atoms with Crippen molar-refractivity contribution in [2.75, 3.05) is 12.4 Å². The first-order valence-electron chi connectivity index (χ1n) is 12.0. The molecule has 0 aliphatic rings. The average Bonchev–Trinajstić information content (AvgIpc) is 2.98. The molecule has 2 N–H and O–H groups in total. The second-order valence-corrected chi connectivity index (χ2v) is 9.81. The number of ether oxygens (including phenoxy) is 2. The van der Waals surface area contributed by atoms with Gasteiger partial charge in [0, 0.05) is 38.4 Å². The molecule has 0 aromatic heterocycles. The molecule has 42 heavy (non-hydrogen) atoms. The lowest BCUT2D eigenvalue weighted by molar-refractivity contribution is -0.384. The number of benzene rings is 4. The van der Waals surface area contributed by atoms with E-state index in [1.165, 1.54) is 61.9 Å². The molecule has 13 heteroatoms. The summed E-state index contributed by atoms with van der Waals surface area (Å²) in [5.41, 5.74) is 3.49. The van der Waals surface area contributed by atoms with Crippen molar-refractivity contribution in [1.82, 2.24) is 5.43 Å². The van der Waals surface area contributed by atoms with Crippen LogP contribution in [-0.2, 0) is 0 Å². The summed E-state index contributed by atoms with van der Waals surface area (Å²) in [5.74, 6) is -1.30. The third-order valence-electron chi connectivity index (χ3n) is 5.65. The Morgan fingerprint density at radius 3 is 2.38 bits per heavy atom. The largest absolute Gasteiger partial charge is 0.496 e. The maximum atomic E-state index is 12.8. The van der Waals surface area contributed by atoms with E-state index in [1.807, 2.05) is 0 Å². The molecular weight excluding hydrogens is 632 g/mol. The molecule has 0 bridgehead atoms. The number of nitro benzene ring substituents is 1. The number of carbonyl (C=O) groups excluding carboxylic acids is 3. The zero-order valence-corrected chi connectivity index (χ0v) is 24.0. The highest BCUT2D eigenvalue weighted by molar-refractivity contribution is 9.10. The van der Waals surface area contributed by atoms with Crippen molar-refractivity contribution in [3.05, 3.63) is 127 Å². The molecule has 0 saturated carbocycles. The highest BCUT2D eigenvalue weighted by Crippen LogP contribution is 2.25. The van der Waals surface area contributed by atoms with Crippen LogP contribution in [0.3, 0.4) is 0 Å². The van der Waals surface area contributed by atoms with Crippen LogP contribution in [0.4, 0.5) is 11.4 Å². The highest BCUT2D eigenvalue weighted by Gasteiger charge is 2.16. The molecule has 4 aromatic carbocycles. The number of amides is 2. The standard InChI is InChI=1S/C29H20BrClN4O7/c1-41-26-12-8-21(31)15-24(26)28(37)33-22-4-2-3-18(14-22)27(36)34-32-16-19-13-20(30)7-11-25(19)42-29(38)17-5-9-23(10-6-17)35(39)40/h2-16H,1H3,(H,33,37)(H,34,36). The highest BCUT2D eigenvalue weighted by atomic mass is 79.9. The van der Waals surface area contributed by atoms with Crippen molar-refractivity contribution in [1.29, 1.82) is 0 Å². The van der Waals surface area contributed by atoms with Crippen molar-refractivity contribution < 1.29 is 28.8 Å². The van der Waals surface area contributed by atoms with Crippen molar-refractivity contribution in [3.63, 3.8) is 0 Å². The van der Waals surface area contributed by atoms with E-state index in [0.29, 0.717) is 26.5 Å². The number of carbonyl (C=O) groups is 3. The fourth-order valence-corrected chi connectivity index (χ4v) is 4.16. The van der Waals surface area contributed by atoms with Crippen LogP contribution in [0.25, 0.3) is 0 Å². The van der Waals surface area contributed by atoms with E-state index in [4.69, 9.17) is 21.1 Å². The van der Waals surface area contributed by atoms with Crippen molar-refractivity contribution in [3.8, 4) is 11.5 Å². The molecule has 0 heterocycles. The first-order valence-corrected chi connectivity index (χ1v) is 13.2. The maximum Gasteiger partial charge on any atom is 0.343 e. The lowest BCUT2D eigenvalue weighted by atomic mass is 10.1. The van der Waals surface area contributed by atoms with E-state index in [9.17, 15) is 24.5 Å². The molecular formula is C29H20BrClN4O7. The monoisotopic (exact) mass is 650 g/mol. The van der Waals surface area contributed by atoms with Crippen molar-refractivity contribution >= 4 is 62.9 Å². The number of non-ortho nitro benzene ring substituents is 1. The Bertz CT molecular complexity index is 1710. The van der Waals surface area contributed by atoms with Gasteiger partial charge in [0.05, 0.1) is 29.4 Å². The zero-order valence-electron chi connectivity index (χ0n) is 21.7. The number of hydrogen-bond donors (Lipinski definition) is 2. The molecule has 2 amide bonds. The number of rotatable bonds is 9. The first-order chi connectivity index (χ1) is 20.1. The van der Waals surface area contributed by atoms with E-state index in [-0.39, 0.29) is 28.1 Å². The zero-order chi connectivity index (χ0) is 30.2. The lowest BCUT2D eigenvalue weighted by Crippen LogP contribution is -2.18. The van der Waals surface area contributed by atoms with Crippen LogP contribution in [0, 0.1) is 10.1 Å². The van der Waals surface area contributed by atoms with Crippen LogP contribution in [0.5, 0.6) is 11.5 Å². The quantitative estimate of drug-likeness (QED) is 0.0714. The van der Waals surface area contributed by atoms with Gasteiger partial charge in [0.25, 0.3) is 17.5 Å². The summed E-state index contributed by atoms with van der Waals surface area (Å²) in [6, 6.07) is 20.6. The molecule has 11 nitrogen and oxygen atoms in total. The Balaban J connectivity index is 1.44. The first kappa shape index (κ1) is 29.9. The summed E-state index contributed by atoms with van der Waals surface area (Å²) in [7, 11) is 1.44. The van der Waals surface area contributed by atoms with E-state index in [2.05, 4.69) is 31.8 Å². The minimum absolute atomic E-state index is 0.112. The van der Waals surface area contributed by atoms with Crippen LogP contribution in [0.1, 0.15) is 36.6 Å². The molecule has 0 aliphatic heterocycles. The maximum absolute atomic E-state index is 12.8. The number of esters is 1. The Labute approximate surface area is 252 Å². The van der Waals surface area contributed by atoms with Gasteiger partial charge in [0.15, 0.2) is 0 Å². The van der Waals surface area contributed by atoms with Gasteiger partial charge in [-0.2, -0.15) is 5.10 Å². The van der Waals surface area contributed by atoms with Crippen LogP contribution in [-0.4, -0.2) is 36.0 Å². The van der Waals surface area contributed by atoms with Gasteiger partial charge in [0.1, 0.15) is 11.5 Å². The second-order valence-electron chi connectivity index (χ2n) is 8.45. The van der Waals surface area contributed by atoms with Gasteiger partial charge in [-0.05, 0) is 66.7 Å². The molecule has 0 fully saturated rings. The fourth-order valence-electron chi connectivity index (χ4n) is 3.61. The summed E-state index contributed by atoms with van der Waals surface area (Å²) >= 11 is 9.36. The van der Waals surface area contributed by atoms with Crippen molar-refractivity contribution in [2.24, 2.45) is 5.10 Å². The summed E-state index contributed by atoms with van der Waals surface area (Å²) in [6.45, 7) is 0. The normalized spacial score (nSPS) is 10.6. The van der Waals surface area contributed by atoms with Crippen LogP contribution >= 0.6 is 27.5 Å². The third kappa shape index (κ3) is 7.56. The molecule has 0 spiro atoms. The van der Waals surface area contributed by atoms with Gasteiger partial charge in [0.2, 0.25) is 0 Å². The minimum atomic E-state index is -0.736. The number of nitro groups is 1. The SMILES string of the molecule is COc1ccc(Cl)cc1C(=O)Nc1cccc(C(=O)NN=Cc2cc(Br)ccc2OC(=O)c2ccc([N+](=O)[O-])cc2)c1. The number of hydrazone groups is 1. The van der Waals surface area contributed by atoms with Gasteiger partial charge in [-0.15, -0.1) is 0 Å². The topological polar surface area (TPSA) is 149 Å². The van der Waals surface area contributed by atoms with Crippen LogP contribution < -0.4 is 20.2 Å². The molecule has 0 saturated heterocycles. The van der Waals surface area contributed by atoms with Crippen molar-refractivity contribution in [2.45, 2.75) is 0 Å². The number of nitrogens with one attached hydrogen (secondary N) is 2. The Kier molecular flexibility index (Phi) is 9.63. The van der Waals surface area contributed by atoms with Crippen LogP contribution in [0.15, 0.2) is 94.5 Å². The van der Waals surface area contributed by atoms with Gasteiger partial charge in [-0.3, -0.25) is 19.7 Å². The van der Waals surface area contributed by atoms with Crippen LogP contribution in [0.2, 0.25) is 5.02 Å². The van der Waals surface area contributed by atoms with E-state index >= 15 is 0 Å². The van der Waals surface area contributed by atoms with E-state index in [1.54, 1.807) is 36.4 Å². The van der Waals surface area contributed by atoms with Gasteiger partial charge in [-0.1, -0.05) is 33.6 Å². The molecule has 0 radical (unpaired) electrons. The molecule has 0 atom stereocenters. The van der Waals surface area contributed by atoms with Gasteiger partial charge >= 0.3 is 5.97 Å². The summed E-state index contributed by atoms with van der Waals surface area (Å²) < 4.78 is 11.3. The Morgan fingerprint density at radius 2 is 1.67 bits per heavy atom. The number of nitrogens with zero attached hydrogens (tertiary/aromatic N) is 2. The number of methoxy groups -OCH3 is 1. The molecule has 0 aliphatic carbocycles. The number of halogens is 2. The lowest BCUT2D eigenvalue weighted by Gasteiger charge is -2.10. The Hall–Kier alpha value is -5.07. The predicted octanol–water partition coefficient (Wildman–Crippen LogP) is 6.25.